The second-order valence-electron chi connectivity index (χ2n) is 4.25. The highest BCUT2D eigenvalue weighted by molar-refractivity contribution is 9.10. The summed E-state index contributed by atoms with van der Waals surface area (Å²) in [6, 6.07) is 5.27. The number of carbonyl (C=O) groups excluding carboxylic acids is 1. The summed E-state index contributed by atoms with van der Waals surface area (Å²) in [7, 11) is 1.86. The van der Waals surface area contributed by atoms with Crippen LogP contribution in [0.4, 0.5) is 0 Å². The van der Waals surface area contributed by atoms with Gasteiger partial charge in [0.15, 0.2) is 0 Å². The number of carbonyl (C=O) groups is 1. The predicted octanol–water partition coefficient (Wildman–Crippen LogP) is 2.28. The van der Waals surface area contributed by atoms with Crippen molar-refractivity contribution in [3.8, 4) is 5.75 Å². The van der Waals surface area contributed by atoms with Gasteiger partial charge in [-0.1, -0.05) is 15.9 Å². The zero-order valence-electron chi connectivity index (χ0n) is 10.9. The van der Waals surface area contributed by atoms with E-state index in [4.69, 9.17) is 0 Å². The van der Waals surface area contributed by atoms with Crippen molar-refractivity contribution in [2.75, 3.05) is 20.1 Å². The molecule has 0 radical (unpaired) electrons. The first-order valence-electron chi connectivity index (χ1n) is 5.91. The van der Waals surface area contributed by atoms with E-state index in [-0.39, 0.29) is 17.7 Å². The van der Waals surface area contributed by atoms with Crippen molar-refractivity contribution in [1.82, 2.24) is 10.2 Å². The molecule has 0 bridgehead atoms. The number of amides is 1. The lowest BCUT2D eigenvalue weighted by Crippen LogP contribution is -2.36. The summed E-state index contributed by atoms with van der Waals surface area (Å²) in [6.07, 6.45) is 0. The zero-order chi connectivity index (χ0) is 13.7. The van der Waals surface area contributed by atoms with Gasteiger partial charge in [-0.15, -0.1) is 0 Å². The quantitative estimate of drug-likeness (QED) is 0.876. The Morgan fingerprint density at radius 3 is 2.83 bits per heavy atom. The highest BCUT2D eigenvalue weighted by Gasteiger charge is 2.17. The molecule has 0 aliphatic carbocycles. The number of nitrogens with zero attached hydrogens (tertiary/aromatic N) is 1. The maximum atomic E-state index is 11.5. The standard InChI is InChI=1S/C13H19BrN2O2/c1-4-15-13(18)8-16(3)9(2)11-7-10(14)5-6-12(11)17/h5-7,9,17H,4,8H2,1-3H3,(H,15,18). The maximum Gasteiger partial charge on any atom is 0.234 e. The minimum absolute atomic E-state index is 0.0127. The van der Waals surface area contributed by atoms with Gasteiger partial charge in [0.2, 0.25) is 5.91 Å². The van der Waals surface area contributed by atoms with Crippen molar-refractivity contribution in [1.29, 1.82) is 0 Å². The molecule has 18 heavy (non-hydrogen) atoms. The topological polar surface area (TPSA) is 52.6 Å². The molecule has 0 aliphatic heterocycles. The van der Waals surface area contributed by atoms with Gasteiger partial charge in [0, 0.05) is 22.6 Å². The maximum absolute atomic E-state index is 11.5. The number of aromatic hydroxyl groups is 1. The fourth-order valence-corrected chi connectivity index (χ4v) is 2.09. The van der Waals surface area contributed by atoms with Crippen molar-refractivity contribution < 1.29 is 9.90 Å². The van der Waals surface area contributed by atoms with Crippen molar-refractivity contribution >= 4 is 21.8 Å². The predicted molar refractivity (Wildman–Crippen MR) is 75.5 cm³/mol. The fraction of sp³-hybridized carbons (Fsp3) is 0.462. The van der Waals surface area contributed by atoms with Crippen LogP contribution in [0.25, 0.3) is 0 Å². The summed E-state index contributed by atoms with van der Waals surface area (Å²) in [5.74, 6) is 0.231. The number of phenols is 1. The van der Waals surface area contributed by atoms with E-state index < -0.39 is 0 Å². The molecule has 0 heterocycles. The van der Waals surface area contributed by atoms with Crippen LogP contribution in [0.3, 0.4) is 0 Å². The van der Waals surface area contributed by atoms with Crippen LogP contribution in [0.2, 0.25) is 0 Å². The highest BCUT2D eigenvalue weighted by Crippen LogP contribution is 2.30. The largest absolute Gasteiger partial charge is 0.508 e. The average Bonchev–Trinajstić information content (AvgIpc) is 2.31. The number of likely N-dealkylation sites (N-methyl/N-ethyl adjacent to an activating group) is 2. The second-order valence-corrected chi connectivity index (χ2v) is 5.16. The van der Waals surface area contributed by atoms with E-state index in [0.717, 1.165) is 10.0 Å². The van der Waals surface area contributed by atoms with E-state index in [2.05, 4.69) is 21.2 Å². The van der Waals surface area contributed by atoms with Gasteiger partial charge in [0.1, 0.15) is 5.75 Å². The number of benzene rings is 1. The van der Waals surface area contributed by atoms with E-state index in [1.165, 1.54) is 0 Å². The SMILES string of the molecule is CCNC(=O)CN(C)C(C)c1cc(Br)ccc1O. The molecule has 0 fully saturated rings. The van der Waals surface area contributed by atoms with Crippen molar-refractivity contribution in [2.45, 2.75) is 19.9 Å². The minimum atomic E-state index is -0.0369. The first-order chi connectivity index (χ1) is 8.45. The molecule has 1 amide bonds. The molecule has 4 nitrogen and oxygen atoms in total. The van der Waals surface area contributed by atoms with E-state index in [1.54, 1.807) is 12.1 Å². The van der Waals surface area contributed by atoms with Gasteiger partial charge in [0.25, 0.3) is 0 Å². The molecule has 1 unspecified atom stereocenters. The molecule has 2 N–H and O–H groups in total. The van der Waals surface area contributed by atoms with Gasteiger partial charge in [-0.05, 0) is 39.1 Å². The Morgan fingerprint density at radius 1 is 1.56 bits per heavy atom. The molecule has 5 heteroatoms. The molecule has 1 rings (SSSR count). The first kappa shape index (κ1) is 15.0. The third-order valence-corrected chi connectivity index (χ3v) is 3.36. The number of hydrogen-bond acceptors (Lipinski definition) is 3. The van der Waals surface area contributed by atoms with E-state index in [9.17, 15) is 9.90 Å². The monoisotopic (exact) mass is 314 g/mol. The summed E-state index contributed by atoms with van der Waals surface area (Å²) in [5.41, 5.74) is 0.802. The summed E-state index contributed by atoms with van der Waals surface area (Å²) in [4.78, 5) is 13.4. The van der Waals surface area contributed by atoms with E-state index in [0.29, 0.717) is 13.1 Å². The molecule has 0 aromatic heterocycles. The molecule has 1 aromatic rings. The Labute approximate surface area is 116 Å². The van der Waals surface area contributed by atoms with Crippen LogP contribution in [0.15, 0.2) is 22.7 Å². The Morgan fingerprint density at radius 2 is 2.22 bits per heavy atom. The lowest BCUT2D eigenvalue weighted by Gasteiger charge is -2.25. The van der Waals surface area contributed by atoms with Gasteiger partial charge in [-0.3, -0.25) is 9.69 Å². The number of halogens is 1. The molecular weight excluding hydrogens is 296 g/mol. The van der Waals surface area contributed by atoms with Crippen LogP contribution in [0.1, 0.15) is 25.5 Å². The van der Waals surface area contributed by atoms with E-state index >= 15 is 0 Å². The molecule has 0 aliphatic rings. The van der Waals surface area contributed by atoms with Crippen molar-refractivity contribution in [3.05, 3.63) is 28.2 Å². The third kappa shape index (κ3) is 3.99. The van der Waals surface area contributed by atoms with Gasteiger partial charge < -0.3 is 10.4 Å². The lowest BCUT2D eigenvalue weighted by atomic mass is 10.1. The van der Waals surface area contributed by atoms with Crippen LogP contribution >= 0.6 is 15.9 Å². The smallest absolute Gasteiger partial charge is 0.234 e. The van der Waals surface area contributed by atoms with Crippen molar-refractivity contribution in [2.24, 2.45) is 0 Å². The molecule has 0 spiro atoms. The second kappa shape index (κ2) is 6.75. The van der Waals surface area contributed by atoms with Crippen LogP contribution in [-0.4, -0.2) is 36.1 Å². The summed E-state index contributed by atoms with van der Waals surface area (Å²) in [5, 5.41) is 12.6. The summed E-state index contributed by atoms with van der Waals surface area (Å²) in [6.45, 7) is 4.78. The van der Waals surface area contributed by atoms with Crippen LogP contribution < -0.4 is 5.32 Å². The molecule has 0 saturated carbocycles. The van der Waals surface area contributed by atoms with E-state index in [1.807, 2.05) is 31.9 Å². The third-order valence-electron chi connectivity index (χ3n) is 2.87. The Hall–Kier alpha value is -1.07. The summed E-state index contributed by atoms with van der Waals surface area (Å²) < 4.78 is 0.911. The van der Waals surface area contributed by atoms with Gasteiger partial charge in [0.05, 0.1) is 6.54 Å². The van der Waals surface area contributed by atoms with Crippen LogP contribution in [-0.2, 0) is 4.79 Å². The molecule has 100 valence electrons. The number of nitrogens with one attached hydrogen (secondary N) is 1. The van der Waals surface area contributed by atoms with Crippen molar-refractivity contribution in [3.63, 3.8) is 0 Å². The van der Waals surface area contributed by atoms with Gasteiger partial charge >= 0.3 is 0 Å². The van der Waals surface area contributed by atoms with Crippen LogP contribution in [0.5, 0.6) is 5.75 Å². The number of phenolic OH excluding ortho intramolecular Hbond substituents is 1. The van der Waals surface area contributed by atoms with Gasteiger partial charge in [-0.2, -0.15) is 0 Å². The highest BCUT2D eigenvalue weighted by atomic mass is 79.9. The van der Waals surface area contributed by atoms with Crippen LogP contribution in [0, 0.1) is 0 Å². The zero-order valence-corrected chi connectivity index (χ0v) is 12.5. The fourth-order valence-electron chi connectivity index (χ4n) is 1.71. The number of rotatable bonds is 5. The Bertz CT molecular complexity index is 423. The Kier molecular flexibility index (Phi) is 5.62. The lowest BCUT2D eigenvalue weighted by molar-refractivity contribution is -0.122. The average molecular weight is 315 g/mol. The molecule has 1 aromatic carbocycles. The first-order valence-corrected chi connectivity index (χ1v) is 6.70. The minimum Gasteiger partial charge on any atom is -0.508 e. The van der Waals surface area contributed by atoms with Gasteiger partial charge in [-0.25, -0.2) is 0 Å². The summed E-state index contributed by atoms with van der Waals surface area (Å²) >= 11 is 3.38. The normalized spacial score (nSPS) is 12.5. The molecule has 0 saturated heterocycles. The number of hydrogen-bond donors (Lipinski definition) is 2. The molecule has 1 atom stereocenters. The Balaban J connectivity index is 2.76. The molecular formula is C13H19BrN2O2.